The van der Waals surface area contributed by atoms with Crippen LogP contribution in [0.1, 0.15) is 13.8 Å². The molecule has 1 aromatic carbocycles. The summed E-state index contributed by atoms with van der Waals surface area (Å²) in [5.41, 5.74) is 6.10. The zero-order valence-electron chi connectivity index (χ0n) is 12.3. The van der Waals surface area contributed by atoms with Crippen molar-refractivity contribution in [1.82, 2.24) is 9.21 Å². The van der Waals surface area contributed by atoms with Gasteiger partial charge in [-0.05, 0) is 39.2 Å². The van der Waals surface area contributed by atoms with Gasteiger partial charge in [-0.2, -0.15) is 4.31 Å². The lowest BCUT2D eigenvalue weighted by Crippen LogP contribution is -2.43. The molecule has 114 valence electrons. The third-order valence-corrected chi connectivity index (χ3v) is 5.63. The SMILES string of the molecule is CCN(C(C)CN(C)C)S(=O)(=O)c1cc(Br)ccc1N. The van der Waals surface area contributed by atoms with Crippen LogP contribution in [0.25, 0.3) is 0 Å². The fraction of sp³-hybridized carbons (Fsp3) is 0.538. The van der Waals surface area contributed by atoms with Gasteiger partial charge in [-0.3, -0.25) is 0 Å². The molecule has 0 aliphatic heterocycles. The summed E-state index contributed by atoms with van der Waals surface area (Å²) < 4.78 is 27.7. The van der Waals surface area contributed by atoms with E-state index in [1.165, 1.54) is 4.31 Å². The van der Waals surface area contributed by atoms with Gasteiger partial charge < -0.3 is 10.6 Å². The molecule has 0 radical (unpaired) electrons. The van der Waals surface area contributed by atoms with E-state index in [-0.39, 0.29) is 16.6 Å². The van der Waals surface area contributed by atoms with E-state index in [1.807, 2.05) is 32.8 Å². The Labute approximate surface area is 129 Å². The second-order valence-electron chi connectivity index (χ2n) is 5.00. The van der Waals surface area contributed by atoms with E-state index in [0.29, 0.717) is 17.6 Å². The van der Waals surface area contributed by atoms with Crippen LogP contribution in [-0.2, 0) is 10.0 Å². The third-order valence-electron chi connectivity index (χ3n) is 2.99. The topological polar surface area (TPSA) is 66.6 Å². The van der Waals surface area contributed by atoms with Crippen LogP contribution in [-0.4, -0.2) is 50.8 Å². The molecule has 2 N–H and O–H groups in total. The standard InChI is InChI=1S/C13H22BrN3O2S/c1-5-17(10(2)9-16(3)4)20(18,19)13-8-11(14)6-7-12(13)15/h6-8,10H,5,9,15H2,1-4H3. The van der Waals surface area contributed by atoms with E-state index < -0.39 is 10.0 Å². The minimum absolute atomic E-state index is 0.126. The Hall–Kier alpha value is -0.630. The molecule has 0 saturated heterocycles. The predicted molar refractivity (Wildman–Crippen MR) is 86.1 cm³/mol. The molecule has 1 unspecified atom stereocenters. The van der Waals surface area contributed by atoms with Crippen molar-refractivity contribution in [1.29, 1.82) is 0 Å². The van der Waals surface area contributed by atoms with E-state index in [0.717, 1.165) is 0 Å². The number of nitrogen functional groups attached to an aromatic ring is 1. The molecule has 0 aliphatic carbocycles. The first-order chi connectivity index (χ1) is 9.20. The molecule has 0 fully saturated rings. The largest absolute Gasteiger partial charge is 0.398 e. The van der Waals surface area contributed by atoms with Gasteiger partial charge in [0.2, 0.25) is 10.0 Å². The second kappa shape index (κ2) is 6.89. The second-order valence-corrected chi connectivity index (χ2v) is 7.78. The van der Waals surface area contributed by atoms with Crippen LogP contribution < -0.4 is 5.73 Å². The van der Waals surface area contributed by atoms with Crippen LogP contribution in [0.3, 0.4) is 0 Å². The lowest BCUT2D eigenvalue weighted by Gasteiger charge is -2.29. The fourth-order valence-electron chi connectivity index (χ4n) is 2.20. The van der Waals surface area contributed by atoms with Crippen molar-refractivity contribution >= 4 is 31.6 Å². The van der Waals surface area contributed by atoms with Gasteiger partial charge in [-0.15, -0.1) is 0 Å². The smallest absolute Gasteiger partial charge is 0.245 e. The number of likely N-dealkylation sites (N-methyl/N-ethyl adjacent to an activating group) is 2. The Morgan fingerprint density at radius 3 is 2.45 bits per heavy atom. The van der Waals surface area contributed by atoms with Gasteiger partial charge >= 0.3 is 0 Å². The summed E-state index contributed by atoms with van der Waals surface area (Å²) in [4.78, 5) is 2.12. The van der Waals surface area contributed by atoms with Gasteiger partial charge in [0, 0.05) is 23.6 Å². The number of hydrogen-bond acceptors (Lipinski definition) is 4. The molecule has 0 spiro atoms. The first-order valence-electron chi connectivity index (χ1n) is 6.41. The molecule has 5 nitrogen and oxygen atoms in total. The normalized spacial score (nSPS) is 13.9. The number of hydrogen-bond donors (Lipinski definition) is 1. The van der Waals surface area contributed by atoms with Crippen molar-refractivity contribution in [3.63, 3.8) is 0 Å². The van der Waals surface area contributed by atoms with E-state index in [9.17, 15) is 8.42 Å². The van der Waals surface area contributed by atoms with Gasteiger partial charge in [0.15, 0.2) is 0 Å². The van der Waals surface area contributed by atoms with Crippen LogP contribution in [0.2, 0.25) is 0 Å². The number of anilines is 1. The molecule has 1 atom stereocenters. The molecule has 1 aromatic rings. The van der Waals surface area contributed by atoms with Crippen molar-refractivity contribution in [3.05, 3.63) is 22.7 Å². The Morgan fingerprint density at radius 2 is 1.95 bits per heavy atom. The molecule has 0 amide bonds. The van der Waals surface area contributed by atoms with Crippen molar-refractivity contribution < 1.29 is 8.42 Å². The number of nitrogens with zero attached hydrogens (tertiary/aromatic N) is 2. The van der Waals surface area contributed by atoms with Crippen molar-refractivity contribution in [2.45, 2.75) is 24.8 Å². The Morgan fingerprint density at radius 1 is 1.35 bits per heavy atom. The molecule has 7 heteroatoms. The number of halogens is 1. The van der Waals surface area contributed by atoms with Gasteiger partial charge in [0.05, 0.1) is 5.69 Å². The third kappa shape index (κ3) is 3.94. The molecular weight excluding hydrogens is 342 g/mol. The average molecular weight is 364 g/mol. The first-order valence-corrected chi connectivity index (χ1v) is 8.65. The first kappa shape index (κ1) is 17.4. The lowest BCUT2D eigenvalue weighted by molar-refractivity contribution is 0.271. The highest BCUT2D eigenvalue weighted by atomic mass is 79.9. The summed E-state index contributed by atoms with van der Waals surface area (Å²) in [5.74, 6) is 0. The minimum Gasteiger partial charge on any atom is -0.398 e. The maximum atomic E-state index is 12.8. The molecular formula is C13H22BrN3O2S. The monoisotopic (exact) mass is 363 g/mol. The number of sulfonamides is 1. The van der Waals surface area contributed by atoms with Gasteiger partial charge in [0.1, 0.15) is 4.90 Å². The van der Waals surface area contributed by atoms with Gasteiger partial charge in [0.25, 0.3) is 0 Å². The Balaban J connectivity index is 3.21. The molecule has 0 heterocycles. The average Bonchev–Trinajstić information content (AvgIpc) is 2.31. The molecule has 1 rings (SSSR count). The maximum absolute atomic E-state index is 12.8. The van der Waals surface area contributed by atoms with Crippen LogP contribution in [0.15, 0.2) is 27.6 Å². The molecule has 0 saturated carbocycles. The van der Waals surface area contributed by atoms with Crippen molar-refractivity contribution in [2.24, 2.45) is 0 Å². The lowest BCUT2D eigenvalue weighted by atomic mass is 10.3. The van der Waals surface area contributed by atoms with Crippen LogP contribution in [0.4, 0.5) is 5.69 Å². The minimum atomic E-state index is -3.60. The van der Waals surface area contributed by atoms with Crippen LogP contribution in [0, 0.1) is 0 Å². The van der Waals surface area contributed by atoms with E-state index >= 15 is 0 Å². The highest BCUT2D eigenvalue weighted by Gasteiger charge is 2.29. The number of nitrogens with two attached hydrogens (primary N) is 1. The zero-order valence-corrected chi connectivity index (χ0v) is 14.7. The van der Waals surface area contributed by atoms with Crippen molar-refractivity contribution in [2.75, 3.05) is 32.9 Å². The zero-order chi connectivity index (χ0) is 15.5. The van der Waals surface area contributed by atoms with E-state index in [1.54, 1.807) is 18.2 Å². The molecule has 0 aromatic heterocycles. The van der Waals surface area contributed by atoms with E-state index in [4.69, 9.17) is 5.73 Å². The van der Waals surface area contributed by atoms with Crippen LogP contribution in [0.5, 0.6) is 0 Å². The highest BCUT2D eigenvalue weighted by molar-refractivity contribution is 9.10. The van der Waals surface area contributed by atoms with Gasteiger partial charge in [-0.25, -0.2) is 8.42 Å². The quantitative estimate of drug-likeness (QED) is 0.784. The number of rotatable bonds is 6. The molecule has 0 bridgehead atoms. The van der Waals surface area contributed by atoms with E-state index in [2.05, 4.69) is 15.9 Å². The van der Waals surface area contributed by atoms with Crippen LogP contribution >= 0.6 is 15.9 Å². The van der Waals surface area contributed by atoms with Crippen molar-refractivity contribution in [3.8, 4) is 0 Å². The highest BCUT2D eigenvalue weighted by Crippen LogP contribution is 2.27. The number of benzene rings is 1. The van der Waals surface area contributed by atoms with Gasteiger partial charge in [-0.1, -0.05) is 22.9 Å². The fourth-order valence-corrected chi connectivity index (χ4v) is 4.48. The Kier molecular flexibility index (Phi) is 6.00. The summed E-state index contributed by atoms with van der Waals surface area (Å²) in [6.45, 7) is 4.79. The summed E-state index contributed by atoms with van der Waals surface area (Å²) in [6, 6.07) is 4.75. The molecule has 20 heavy (non-hydrogen) atoms. The Bertz CT molecular complexity index is 561. The molecule has 0 aliphatic rings. The predicted octanol–water partition coefficient (Wildman–Crippen LogP) is 1.99. The maximum Gasteiger partial charge on any atom is 0.245 e. The summed E-state index contributed by atoms with van der Waals surface area (Å²) in [5, 5.41) is 0. The summed E-state index contributed by atoms with van der Waals surface area (Å²) >= 11 is 3.29. The summed E-state index contributed by atoms with van der Waals surface area (Å²) in [6.07, 6.45) is 0. The summed E-state index contributed by atoms with van der Waals surface area (Å²) in [7, 11) is 0.245.